The molecule has 1 aromatic carbocycles. The Bertz CT molecular complexity index is 476. The largest absolute Gasteiger partial charge is 0.475 e. The summed E-state index contributed by atoms with van der Waals surface area (Å²) in [6.45, 7) is 1.30. The van der Waals surface area contributed by atoms with E-state index in [4.69, 9.17) is 5.11 Å². The third kappa shape index (κ3) is 2.94. The van der Waals surface area contributed by atoms with Crippen molar-refractivity contribution in [1.82, 2.24) is 0 Å². The van der Waals surface area contributed by atoms with Gasteiger partial charge in [0.05, 0.1) is 5.92 Å². The molecule has 0 heterocycles. The summed E-state index contributed by atoms with van der Waals surface area (Å²) in [4.78, 5) is 35.5. The van der Waals surface area contributed by atoms with Crippen LogP contribution in [0.3, 0.4) is 0 Å². The van der Waals surface area contributed by atoms with Crippen LogP contribution >= 0.6 is 0 Å². The number of rotatable bonds is 5. The second kappa shape index (κ2) is 5.44. The number of carboxylic acid groups (broad SMARTS) is 1. The molecule has 0 saturated heterocycles. The minimum absolute atomic E-state index is 0.336. The minimum Gasteiger partial charge on any atom is -0.475 e. The molecule has 0 amide bonds. The average molecular weight is 249 g/mol. The molecule has 0 aromatic heterocycles. The van der Waals surface area contributed by atoms with E-state index in [0.717, 1.165) is 5.69 Å². The number of aliphatic carboxylic acids is 1. The Kier molecular flexibility index (Phi) is 4.20. The minimum atomic E-state index is -1.58. The predicted octanol–water partition coefficient (Wildman–Crippen LogP) is 1.23. The molecule has 1 aromatic rings. The van der Waals surface area contributed by atoms with E-state index in [0.29, 0.717) is 5.56 Å². The molecular weight excluding hydrogens is 234 g/mol. The molecule has 5 heteroatoms. The molecular formula is C13H15NO4. The number of hydrogen-bond donors (Lipinski definition) is 1. The standard InChI is InChI=1S/C13H15NO4/c1-8(12(16)13(17)18)11(15)9-4-6-10(7-5-9)14(2)3/h4-8H,1-3H3,(H,17,18). The number of nitrogens with zero attached hydrogens (tertiary/aromatic N) is 1. The van der Waals surface area contributed by atoms with Gasteiger partial charge in [-0.3, -0.25) is 9.59 Å². The Labute approximate surface area is 105 Å². The molecule has 1 N–H and O–H groups in total. The van der Waals surface area contributed by atoms with Crippen LogP contribution in [0.1, 0.15) is 17.3 Å². The zero-order valence-electron chi connectivity index (χ0n) is 10.5. The first kappa shape index (κ1) is 13.9. The predicted molar refractivity (Wildman–Crippen MR) is 66.9 cm³/mol. The molecule has 0 fully saturated rings. The lowest BCUT2D eigenvalue weighted by Crippen LogP contribution is -2.27. The van der Waals surface area contributed by atoms with Crippen molar-refractivity contribution >= 4 is 23.2 Å². The van der Waals surface area contributed by atoms with E-state index in [9.17, 15) is 14.4 Å². The zero-order chi connectivity index (χ0) is 13.9. The number of carbonyl (C=O) groups excluding carboxylic acids is 2. The summed E-state index contributed by atoms with van der Waals surface area (Å²) in [6, 6.07) is 6.66. The maximum Gasteiger partial charge on any atom is 0.372 e. The normalized spacial score (nSPS) is 11.7. The SMILES string of the molecule is CC(C(=O)C(=O)O)C(=O)c1ccc(N(C)C)cc1. The van der Waals surface area contributed by atoms with Gasteiger partial charge in [-0.25, -0.2) is 4.79 Å². The van der Waals surface area contributed by atoms with E-state index in [2.05, 4.69) is 0 Å². The molecule has 18 heavy (non-hydrogen) atoms. The van der Waals surface area contributed by atoms with Crippen molar-refractivity contribution < 1.29 is 19.5 Å². The second-order valence-corrected chi connectivity index (χ2v) is 4.20. The van der Waals surface area contributed by atoms with Gasteiger partial charge in [0, 0.05) is 25.3 Å². The van der Waals surface area contributed by atoms with Gasteiger partial charge in [0.1, 0.15) is 0 Å². The highest BCUT2D eigenvalue weighted by atomic mass is 16.4. The van der Waals surface area contributed by atoms with Gasteiger partial charge in [-0.1, -0.05) is 0 Å². The summed E-state index contributed by atoms with van der Waals surface area (Å²) in [5.74, 6) is -4.31. The van der Waals surface area contributed by atoms with Crippen molar-refractivity contribution in [1.29, 1.82) is 0 Å². The molecule has 0 aliphatic rings. The first-order chi connectivity index (χ1) is 8.34. The van der Waals surface area contributed by atoms with Crippen molar-refractivity contribution in [2.75, 3.05) is 19.0 Å². The topological polar surface area (TPSA) is 74.7 Å². The second-order valence-electron chi connectivity index (χ2n) is 4.20. The summed E-state index contributed by atoms with van der Waals surface area (Å²) < 4.78 is 0. The number of ketones is 2. The lowest BCUT2D eigenvalue weighted by atomic mass is 9.95. The van der Waals surface area contributed by atoms with Crippen molar-refractivity contribution in [3.05, 3.63) is 29.8 Å². The van der Waals surface area contributed by atoms with Crippen LogP contribution in [0.15, 0.2) is 24.3 Å². The Hall–Kier alpha value is -2.17. The fourth-order valence-corrected chi connectivity index (χ4v) is 1.48. The van der Waals surface area contributed by atoms with Crippen LogP contribution in [0.5, 0.6) is 0 Å². The lowest BCUT2D eigenvalue weighted by Gasteiger charge is -2.13. The van der Waals surface area contributed by atoms with Crippen LogP contribution < -0.4 is 4.90 Å². The highest BCUT2D eigenvalue weighted by Crippen LogP contribution is 2.15. The summed E-state index contributed by atoms with van der Waals surface area (Å²) in [7, 11) is 3.74. The van der Waals surface area contributed by atoms with Gasteiger partial charge in [-0.15, -0.1) is 0 Å². The molecule has 1 atom stereocenters. The average Bonchev–Trinajstić information content (AvgIpc) is 2.36. The van der Waals surface area contributed by atoms with Crippen molar-refractivity contribution in [2.45, 2.75) is 6.92 Å². The first-order valence-corrected chi connectivity index (χ1v) is 5.43. The molecule has 96 valence electrons. The Morgan fingerprint density at radius 3 is 2.00 bits per heavy atom. The van der Waals surface area contributed by atoms with E-state index < -0.39 is 23.5 Å². The van der Waals surface area contributed by atoms with Crippen LogP contribution in [0.25, 0.3) is 0 Å². The number of carboxylic acids is 1. The van der Waals surface area contributed by atoms with E-state index in [-0.39, 0.29) is 0 Å². The molecule has 0 aliphatic heterocycles. The Balaban J connectivity index is 2.91. The fraction of sp³-hybridized carbons (Fsp3) is 0.308. The maximum atomic E-state index is 11.9. The Morgan fingerprint density at radius 2 is 1.61 bits per heavy atom. The molecule has 0 aliphatic carbocycles. The monoisotopic (exact) mass is 249 g/mol. The number of anilines is 1. The quantitative estimate of drug-likeness (QED) is 0.482. The van der Waals surface area contributed by atoms with E-state index in [1.54, 1.807) is 24.3 Å². The summed E-state index contributed by atoms with van der Waals surface area (Å²) in [5.41, 5.74) is 1.26. The lowest BCUT2D eigenvalue weighted by molar-refractivity contribution is -0.150. The smallest absolute Gasteiger partial charge is 0.372 e. The van der Waals surface area contributed by atoms with Crippen molar-refractivity contribution in [3.63, 3.8) is 0 Å². The van der Waals surface area contributed by atoms with Crippen molar-refractivity contribution in [2.24, 2.45) is 5.92 Å². The van der Waals surface area contributed by atoms with Gasteiger partial charge in [-0.2, -0.15) is 0 Å². The molecule has 1 rings (SSSR count). The van der Waals surface area contributed by atoms with E-state index in [1.165, 1.54) is 6.92 Å². The Morgan fingerprint density at radius 1 is 1.11 bits per heavy atom. The molecule has 0 radical (unpaired) electrons. The van der Waals surface area contributed by atoms with Gasteiger partial charge < -0.3 is 10.0 Å². The number of hydrogen-bond acceptors (Lipinski definition) is 4. The van der Waals surface area contributed by atoms with E-state index >= 15 is 0 Å². The first-order valence-electron chi connectivity index (χ1n) is 5.43. The number of carbonyl (C=O) groups is 3. The molecule has 0 bridgehead atoms. The highest BCUT2D eigenvalue weighted by molar-refractivity contribution is 6.38. The molecule has 5 nitrogen and oxygen atoms in total. The van der Waals surface area contributed by atoms with Crippen molar-refractivity contribution in [3.8, 4) is 0 Å². The van der Waals surface area contributed by atoms with Crippen LogP contribution in [-0.2, 0) is 9.59 Å². The maximum absolute atomic E-state index is 11.9. The van der Waals surface area contributed by atoms with Gasteiger partial charge in [-0.05, 0) is 31.2 Å². The number of Topliss-reactive ketones (excluding diaryl/α,β-unsaturated/α-hetero) is 2. The zero-order valence-corrected chi connectivity index (χ0v) is 10.5. The molecule has 0 saturated carbocycles. The fourth-order valence-electron chi connectivity index (χ4n) is 1.48. The van der Waals surface area contributed by atoms with Crippen LogP contribution in [0, 0.1) is 5.92 Å². The summed E-state index contributed by atoms with van der Waals surface area (Å²) >= 11 is 0. The third-order valence-corrected chi connectivity index (χ3v) is 2.67. The highest BCUT2D eigenvalue weighted by Gasteiger charge is 2.27. The van der Waals surface area contributed by atoms with Crippen LogP contribution in [0.2, 0.25) is 0 Å². The van der Waals surface area contributed by atoms with E-state index in [1.807, 2.05) is 19.0 Å². The van der Waals surface area contributed by atoms with Crippen LogP contribution in [-0.4, -0.2) is 36.7 Å². The summed E-state index contributed by atoms with van der Waals surface area (Å²) in [5, 5.41) is 8.56. The van der Waals surface area contributed by atoms with Gasteiger partial charge in [0.2, 0.25) is 5.78 Å². The molecule has 1 unspecified atom stereocenters. The van der Waals surface area contributed by atoms with Gasteiger partial charge in [0.25, 0.3) is 0 Å². The number of benzene rings is 1. The summed E-state index contributed by atoms with van der Waals surface area (Å²) in [6.07, 6.45) is 0. The molecule has 0 spiro atoms. The van der Waals surface area contributed by atoms with Gasteiger partial charge >= 0.3 is 5.97 Å². The third-order valence-electron chi connectivity index (χ3n) is 2.67. The van der Waals surface area contributed by atoms with Crippen LogP contribution in [0.4, 0.5) is 5.69 Å². The van der Waals surface area contributed by atoms with Gasteiger partial charge in [0.15, 0.2) is 5.78 Å².